The molecule has 3 N–H and O–H groups in total. The van der Waals surface area contributed by atoms with Crippen molar-refractivity contribution in [2.75, 3.05) is 0 Å². The first kappa shape index (κ1) is 14.3. The van der Waals surface area contributed by atoms with Crippen molar-refractivity contribution in [3.8, 4) is 0 Å². The third kappa shape index (κ3) is 4.60. The summed E-state index contributed by atoms with van der Waals surface area (Å²) < 4.78 is 0. The van der Waals surface area contributed by atoms with Crippen LogP contribution in [0.15, 0.2) is 24.3 Å². The first-order chi connectivity index (χ1) is 4.83. The summed E-state index contributed by atoms with van der Waals surface area (Å²) in [6.07, 6.45) is 2.31. The van der Waals surface area contributed by atoms with Gasteiger partial charge in [0.1, 0.15) is 0 Å². The van der Waals surface area contributed by atoms with Crippen LogP contribution in [0.2, 0.25) is 5.02 Å². The summed E-state index contributed by atoms with van der Waals surface area (Å²) >= 11 is 5.78. The molecule has 70 valence electrons. The highest BCUT2D eigenvalue weighted by molar-refractivity contribution is 6.30. The summed E-state index contributed by atoms with van der Waals surface area (Å²) in [6, 6.07) is 8.02. The fourth-order valence-corrected chi connectivity index (χ4v) is 1.19. The van der Waals surface area contributed by atoms with E-state index >= 15 is 0 Å². The van der Waals surface area contributed by atoms with Crippen LogP contribution in [-0.2, 0) is 6.42 Å². The molecule has 0 amide bonds. The van der Waals surface area contributed by atoms with Gasteiger partial charge in [-0.25, -0.2) is 0 Å². The van der Waals surface area contributed by atoms with E-state index < -0.39 is 0 Å². The monoisotopic (exact) mass is 207 g/mol. The lowest BCUT2D eigenvalue weighted by Gasteiger charge is -1.96. The van der Waals surface area contributed by atoms with Crippen LogP contribution in [0.4, 0.5) is 0 Å². The number of benzene rings is 1. The molecule has 0 saturated carbocycles. The minimum Gasteiger partial charge on any atom is -0.344 e. The van der Waals surface area contributed by atoms with E-state index in [-0.39, 0.29) is 18.6 Å². The number of aryl methyl sites for hydroxylation is 1. The lowest BCUT2D eigenvalue weighted by atomic mass is 10.1. The van der Waals surface area contributed by atoms with E-state index in [9.17, 15) is 0 Å². The van der Waals surface area contributed by atoms with Crippen LogP contribution in [0, 0.1) is 0 Å². The first-order valence-electron chi connectivity index (χ1n) is 3.57. The molecule has 0 fully saturated rings. The molecule has 1 aromatic carbocycles. The van der Waals surface area contributed by atoms with Crippen molar-refractivity contribution in [1.82, 2.24) is 6.15 Å². The molecule has 0 spiro atoms. The van der Waals surface area contributed by atoms with Crippen LogP contribution in [0.25, 0.3) is 0 Å². The Morgan fingerprint density at radius 3 is 2.50 bits per heavy atom. The molecule has 0 aliphatic heterocycles. The SMILES string of the molecule is CCCc1cccc(Cl)c1.Cl.N. The van der Waals surface area contributed by atoms with E-state index in [4.69, 9.17) is 11.6 Å². The van der Waals surface area contributed by atoms with Crippen molar-refractivity contribution in [2.45, 2.75) is 19.8 Å². The lowest BCUT2D eigenvalue weighted by Crippen LogP contribution is -1.80. The molecule has 0 saturated heterocycles. The zero-order valence-corrected chi connectivity index (χ0v) is 8.79. The zero-order chi connectivity index (χ0) is 7.40. The molecule has 0 aliphatic carbocycles. The van der Waals surface area contributed by atoms with E-state index in [1.807, 2.05) is 18.2 Å². The molecule has 1 nitrogen and oxygen atoms in total. The summed E-state index contributed by atoms with van der Waals surface area (Å²) in [5.41, 5.74) is 1.33. The summed E-state index contributed by atoms with van der Waals surface area (Å²) in [7, 11) is 0. The van der Waals surface area contributed by atoms with Gasteiger partial charge in [0.05, 0.1) is 0 Å². The Morgan fingerprint density at radius 2 is 2.00 bits per heavy atom. The Balaban J connectivity index is 0. The molecule has 1 aromatic rings. The fraction of sp³-hybridized carbons (Fsp3) is 0.333. The maximum absolute atomic E-state index is 5.78. The minimum atomic E-state index is 0. The quantitative estimate of drug-likeness (QED) is 0.786. The summed E-state index contributed by atoms with van der Waals surface area (Å²) in [5.74, 6) is 0. The number of hydrogen-bond donors (Lipinski definition) is 1. The van der Waals surface area contributed by atoms with E-state index in [0.29, 0.717) is 0 Å². The Labute approximate surface area is 85.1 Å². The van der Waals surface area contributed by atoms with Crippen LogP contribution in [0.3, 0.4) is 0 Å². The molecule has 0 aromatic heterocycles. The second-order valence-electron chi connectivity index (χ2n) is 2.38. The van der Waals surface area contributed by atoms with E-state index in [2.05, 4.69) is 13.0 Å². The van der Waals surface area contributed by atoms with Crippen molar-refractivity contribution in [2.24, 2.45) is 0 Å². The largest absolute Gasteiger partial charge is 0.344 e. The fourth-order valence-electron chi connectivity index (χ4n) is 0.981. The average molecular weight is 208 g/mol. The molecular weight excluding hydrogens is 193 g/mol. The maximum atomic E-state index is 5.78. The number of halogens is 2. The number of hydrogen-bond acceptors (Lipinski definition) is 1. The molecule has 3 heteroatoms. The highest BCUT2D eigenvalue weighted by Gasteiger charge is 1.90. The Hall–Kier alpha value is -0.240. The predicted octanol–water partition coefficient (Wildman–Crippen LogP) is 3.88. The summed E-state index contributed by atoms with van der Waals surface area (Å²) in [4.78, 5) is 0. The van der Waals surface area contributed by atoms with Gasteiger partial charge in [-0.05, 0) is 24.1 Å². The van der Waals surface area contributed by atoms with Crippen molar-refractivity contribution in [3.05, 3.63) is 34.9 Å². The van der Waals surface area contributed by atoms with Crippen molar-refractivity contribution >= 4 is 24.0 Å². The topological polar surface area (TPSA) is 35.0 Å². The van der Waals surface area contributed by atoms with Gasteiger partial charge in [0.15, 0.2) is 0 Å². The van der Waals surface area contributed by atoms with Crippen LogP contribution in [0.1, 0.15) is 18.9 Å². The smallest absolute Gasteiger partial charge is 0.0408 e. The Bertz CT molecular complexity index is 213. The van der Waals surface area contributed by atoms with Gasteiger partial charge in [0, 0.05) is 5.02 Å². The summed E-state index contributed by atoms with van der Waals surface area (Å²) in [5, 5.41) is 0.839. The van der Waals surface area contributed by atoms with Gasteiger partial charge in [-0.1, -0.05) is 37.1 Å². The van der Waals surface area contributed by atoms with Gasteiger partial charge in [-0.15, -0.1) is 12.4 Å². The Morgan fingerprint density at radius 1 is 1.33 bits per heavy atom. The molecule has 0 aliphatic rings. The van der Waals surface area contributed by atoms with E-state index in [1.54, 1.807) is 0 Å². The number of rotatable bonds is 2. The maximum Gasteiger partial charge on any atom is 0.0408 e. The van der Waals surface area contributed by atoms with Crippen molar-refractivity contribution in [3.63, 3.8) is 0 Å². The normalized spacial score (nSPS) is 8.17. The van der Waals surface area contributed by atoms with E-state index in [1.165, 1.54) is 12.0 Å². The molecule has 0 bridgehead atoms. The highest BCUT2D eigenvalue weighted by Crippen LogP contribution is 2.11. The van der Waals surface area contributed by atoms with E-state index in [0.717, 1.165) is 11.4 Å². The third-order valence-electron chi connectivity index (χ3n) is 1.43. The van der Waals surface area contributed by atoms with Gasteiger partial charge in [0.25, 0.3) is 0 Å². The summed E-state index contributed by atoms with van der Waals surface area (Å²) in [6.45, 7) is 2.17. The van der Waals surface area contributed by atoms with Crippen LogP contribution < -0.4 is 6.15 Å². The van der Waals surface area contributed by atoms with Crippen molar-refractivity contribution < 1.29 is 0 Å². The van der Waals surface area contributed by atoms with Gasteiger partial charge >= 0.3 is 0 Å². The van der Waals surface area contributed by atoms with Gasteiger partial charge in [0.2, 0.25) is 0 Å². The van der Waals surface area contributed by atoms with Gasteiger partial charge in [-0.3, -0.25) is 0 Å². The van der Waals surface area contributed by atoms with Crippen LogP contribution in [0.5, 0.6) is 0 Å². The standard InChI is InChI=1S/C9H11Cl.ClH.H3N/c1-2-4-8-5-3-6-9(10)7-8;;/h3,5-7H,2,4H2,1H3;1H;1H3. The molecule has 0 unspecified atom stereocenters. The molecule has 0 atom stereocenters. The lowest BCUT2D eigenvalue weighted by molar-refractivity contribution is 0.922. The van der Waals surface area contributed by atoms with Crippen LogP contribution >= 0.6 is 24.0 Å². The second-order valence-corrected chi connectivity index (χ2v) is 2.82. The van der Waals surface area contributed by atoms with Gasteiger partial charge in [-0.2, -0.15) is 0 Å². The molecule has 0 radical (unpaired) electrons. The molecular formula is C9H15Cl2N. The van der Waals surface area contributed by atoms with Crippen LogP contribution in [-0.4, -0.2) is 0 Å². The Kier molecular flexibility index (Phi) is 8.83. The first-order valence-corrected chi connectivity index (χ1v) is 3.95. The second kappa shape index (κ2) is 7.41. The zero-order valence-electron chi connectivity index (χ0n) is 7.22. The third-order valence-corrected chi connectivity index (χ3v) is 1.66. The highest BCUT2D eigenvalue weighted by atomic mass is 35.5. The molecule has 1 rings (SSSR count). The average Bonchev–Trinajstić information content (AvgIpc) is 1.88. The molecule has 0 heterocycles. The minimum absolute atomic E-state index is 0. The van der Waals surface area contributed by atoms with Crippen molar-refractivity contribution in [1.29, 1.82) is 0 Å². The predicted molar refractivity (Wildman–Crippen MR) is 57.7 cm³/mol. The molecule has 12 heavy (non-hydrogen) atoms. The van der Waals surface area contributed by atoms with Gasteiger partial charge < -0.3 is 6.15 Å².